The van der Waals surface area contributed by atoms with Crippen molar-refractivity contribution in [3.8, 4) is 0 Å². The summed E-state index contributed by atoms with van der Waals surface area (Å²) in [4.78, 5) is 24.9. The van der Waals surface area contributed by atoms with E-state index in [9.17, 15) is 9.59 Å². The number of amides is 1. The molecular weight excluding hydrogens is 246 g/mol. The topological polar surface area (TPSA) is 55.8 Å². The molecule has 2 atom stereocenters. The Balaban J connectivity index is 3.01. The van der Waals surface area contributed by atoms with E-state index >= 15 is 0 Å². The van der Waals surface area contributed by atoms with E-state index < -0.39 is 29.6 Å². The van der Waals surface area contributed by atoms with E-state index in [0.717, 1.165) is 6.29 Å². The maximum Gasteiger partial charge on any atom is 0.413 e. The van der Waals surface area contributed by atoms with Crippen molar-refractivity contribution in [3.05, 3.63) is 12.2 Å². The Morgan fingerprint density at radius 3 is 2.37 bits per heavy atom. The maximum absolute atomic E-state index is 12.2. The van der Waals surface area contributed by atoms with E-state index in [0.29, 0.717) is 0 Å². The van der Waals surface area contributed by atoms with Gasteiger partial charge in [0.05, 0.1) is 0 Å². The number of hydrogen-bond acceptors (Lipinski definition) is 4. The van der Waals surface area contributed by atoms with Gasteiger partial charge >= 0.3 is 6.09 Å². The van der Waals surface area contributed by atoms with Crippen LogP contribution in [-0.4, -0.2) is 40.8 Å². The molecule has 1 aliphatic rings. The number of ether oxygens (including phenoxy) is 2. The largest absolute Gasteiger partial charge is 0.444 e. The Morgan fingerprint density at radius 2 is 1.95 bits per heavy atom. The van der Waals surface area contributed by atoms with E-state index in [-0.39, 0.29) is 0 Å². The summed E-state index contributed by atoms with van der Waals surface area (Å²) in [6, 6.07) is -0.666. The van der Waals surface area contributed by atoms with Crippen LogP contribution in [0.15, 0.2) is 12.2 Å². The molecule has 0 unspecified atom stereocenters. The second-order valence-corrected chi connectivity index (χ2v) is 6.03. The van der Waals surface area contributed by atoms with Crippen LogP contribution in [0.5, 0.6) is 0 Å². The second-order valence-electron chi connectivity index (χ2n) is 6.03. The lowest BCUT2D eigenvalue weighted by Crippen LogP contribution is -2.50. The summed E-state index contributed by atoms with van der Waals surface area (Å²) in [7, 11) is 0. The lowest BCUT2D eigenvalue weighted by atomic mass is 10.1. The molecular formula is C14H23NO4. The van der Waals surface area contributed by atoms with Crippen molar-refractivity contribution in [2.75, 3.05) is 0 Å². The van der Waals surface area contributed by atoms with Gasteiger partial charge in [0.25, 0.3) is 0 Å². The first-order chi connectivity index (χ1) is 8.62. The van der Waals surface area contributed by atoms with Gasteiger partial charge in [-0.1, -0.05) is 12.2 Å². The Kier molecular flexibility index (Phi) is 4.40. The molecule has 1 heterocycles. The molecule has 0 aromatic rings. The number of carbonyl (C=O) groups excluding carboxylic acids is 2. The summed E-state index contributed by atoms with van der Waals surface area (Å²) in [6.07, 6.45) is 3.32. The fourth-order valence-electron chi connectivity index (χ4n) is 2.10. The van der Waals surface area contributed by atoms with Gasteiger partial charge in [-0.05, 0) is 41.5 Å². The molecule has 0 saturated carbocycles. The maximum atomic E-state index is 12.2. The third-order valence-electron chi connectivity index (χ3n) is 2.75. The molecule has 1 amide bonds. The first kappa shape index (κ1) is 15.7. The van der Waals surface area contributed by atoms with Crippen molar-refractivity contribution < 1.29 is 19.1 Å². The van der Waals surface area contributed by atoms with E-state index in [1.54, 1.807) is 46.8 Å². The zero-order chi connectivity index (χ0) is 14.8. The van der Waals surface area contributed by atoms with Crippen molar-refractivity contribution >= 4 is 12.4 Å². The van der Waals surface area contributed by atoms with Gasteiger partial charge in [0.1, 0.15) is 29.8 Å². The summed E-state index contributed by atoms with van der Waals surface area (Å²) in [5, 5.41) is 0. The van der Waals surface area contributed by atoms with Crippen molar-refractivity contribution in [2.24, 2.45) is 0 Å². The number of rotatable bonds is 2. The van der Waals surface area contributed by atoms with Crippen LogP contribution in [0.3, 0.4) is 0 Å². The Morgan fingerprint density at radius 1 is 1.37 bits per heavy atom. The molecule has 0 aliphatic carbocycles. The Labute approximate surface area is 114 Å². The van der Waals surface area contributed by atoms with E-state index in [4.69, 9.17) is 9.47 Å². The fourth-order valence-corrected chi connectivity index (χ4v) is 2.10. The van der Waals surface area contributed by atoms with Gasteiger partial charge < -0.3 is 14.3 Å². The van der Waals surface area contributed by atoms with Gasteiger partial charge in [0.15, 0.2) is 0 Å². The average Bonchev–Trinajstić information content (AvgIpc) is 2.46. The van der Waals surface area contributed by atoms with Gasteiger partial charge in [-0.15, -0.1) is 0 Å². The van der Waals surface area contributed by atoms with Crippen molar-refractivity contribution in [1.29, 1.82) is 0 Å². The molecule has 5 heteroatoms. The van der Waals surface area contributed by atoms with Gasteiger partial charge in [0, 0.05) is 0 Å². The normalized spacial score (nSPS) is 26.7. The molecule has 1 fully saturated rings. The van der Waals surface area contributed by atoms with Crippen LogP contribution in [0, 0.1) is 0 Å². The van der Waals surface area contributed by atoms with E-state index in [2.05, 4.69) is 0 Å². The van der Waals surface area contributed by atoms with Gasteiger partial charge in [-0.3, -0.25) is 4.90 Å². The number of nitrogens with zero attached hydrogens (tertiary/aromatic N) is 1. The van der Waals surface area contributed by atoms with E-state index in [1.807, 2.05) is 6.92 Å². The smallest absolute Gasteiger partial charge is 0.413 e. The molecule has 0 N–H and O–H groups in total. The molecule has 19 heavy (non-hydrogen) atoms. The van der Waals surface area contributed by atoms with Crippen LogP contribution in [0.4, 0.5) is 4.79 Å². The molecule has 1 saturated heterocycles. The predicted octanol–water partition coefficient (Wildman–Crippen LogP) is 2.50. The highest BCUT2D eigenvalue weighted by Gasteiger charge is 2.50. The zero-order valence-electron chi connectivity index (χ0n) is 12.5. The minimum absolute atomic E-state index is 0.440. The second kappa shape index (κ2) is 5.33. The molecule has 1 rings (SSSR count). The zero-order valence-corrected chi connectivity index (χ0v) is 12.5. The highest BCUT2D eigenvalue weighted by molar-refractivity contribution is 5.76. The van der Waals surface area contributed by atoms with Gasteiger partial charge in [-0.2, -0.15) is 0 Å². The summed E-state index contributed by atoms with van der Waals surface area (Å²) >= 11 is 0. The minimum Gasteiger partial charge on any atom is -0.444 e. The van der Waals surface area contributed by atoms with Crippen molar-refractivity contribution in [1.82, 2.24) is 4.90 Å². The average molecular weight is 269 g/mol. The predicted molar refractivity (Wildman–Crippen MR) is 71.7 cm³/mol. The molecule has 0 aromatic heterocycles. The molecule has 108 valence electrons. The third-order valence-corrected chi connectivity index (χ3v) is 2.75. The van der Waals surface area contributed by atoms with Crippen LogP contribution in [-0.2, 0) is 14.3 Å². The van der Waals surface area contributed by atoms with Crippen LogP contribution in [0.25, 0.3) is 0 Å². The number of hydrogen-bond donors (Lipinski definition) is 0. The first-order valence-corrected chi connectivity index (χ1v) is 6.40. The Hall–Kier alpha value is -1.36. The third kappa shape index (κ3) is 3.56. The Bertz CT molecular complexity index is 381. The quantitative estimate of drug-likeness (QED) is 0.571. The summed E-state index contributed by atoms with van der Waals surface area (Å²) in [6.45, 7) is 10.7. The SMILES string of the molecule is C/C=C/[C@H]1OC(C)(C)N(C(=O)OC(C)(C)C)[C@@H]1C=O. The first-order valence-electron chi connectivity index (χ1n) is 6.40. The summed E-state index contributed by atoms with van der Waals surface area (Å²) < 4.78 is 11.1. The molecule has 0 aromatic carbocycles. The van der Waals surface area contributed by atoms with Gasteiger partial charge in [0.2, 0.25) is 0 Å². The number of aldehydes is 1. The van der Waals surface area contributed by atoms with Crippen LogP contribution < -0.4 is 0 Å². The van der Waals surface area contributed by atoms with E-state index in [1.165, 1.54) is 4.90 Å². The molecule has 0 bridgehead atoms. The molecule has 5 nitrogen and oxygen atoms in total. The number of allylic oxidation sites excluding steroid dienone is 1. The highest BCUT2D eigenvalue weighted by Crippen LogP contribution is 2.33. The standard InChI is InChI=1S/C14H23NO4/c1-7-8-11-10(9-16)15(14(5,6)18-11)12(17)19-13(2,3)4/h7-11H,1-6H3/b8-7+/t10-,11-/m1/s1. The minimum atomic E-state index is -0.877. The summed E-state index contributed by atoms with van der Waals surface area (Å²) in [5.74, 6) is 0. The summed E-state index contributed by atoms with van der Waals surface area (Å²) in [5.41, 5.74) is -1.49. The van der Waals surface area contributed by atoms with Gasteiger partial charge in [-0.25, -0.2) is 4.79 Å². The van der Waals surface area contributed by atoms with Crippen molar-refractivity contribution in [2.45, 2.75) is 65.0 Å². The number of carbonyl (C=O) groups is 2. The lowest BCUT2D eigenvalue weighted by Gasteiger charge is -2.33. The monoisotopic (exact) mass is 269 g/mol. The van der Waals surface area contributed by atoms with Crippen LogP contribution in [0.2, 0.25) is 0 Å². The molecule has 1 aliphatic heterocycles. The van der Waals surface area contributed by atoms with Crippen LogP contribution in [0.1, 0.15) is 41.5 Å². The fraction of sp³-hybridized carbons (Fsp3) is 0.714. The van der Waals surface area contributed by atoms with Crippen LogP contribution >= 0.6 is 0 Å². The lowest BCUT2D eigenvalue weighted by molar-refractivity contribution is -0.113. The molecule has 0 spiro atoms. The molecule has 0 radical (unpaired) electrons. The highest BCUT2D eigenvalue weighted by atomic mass is 16.6. The van der Waals surface area contributed by atoms with Crippen molar-refractivity contribution in [3.63, 3.8) is 0 Å².